The van der Waals surface area contributed by atoms with E-state index in [-0.39, 0.29) is 19.3 Å². The topological polar surface area (TPSA) is 149 Å². The maximum atomic E-state index is 11.6. The third-order valence-electron chi connectivity index (χ3n) is 2.76. The molecule has 0 saturated heterocycles. The largest absolute Gasteiger partial charge is 0.480 e. The molecule has 0 aromatic rings. The third kappa shape index (κ3) is 6.13. The summed E-state index contributed by atoms with van der Waals surface area (Å²) >= 11 is 0. The van der Waals surface area contributed by atoms with Gasteiger partial charge in [0.15, 0.2) is 6.10 Å². The van der Waals surface area contributed by atoms with Gasteiger partial charge >= 0.3 is 11.9 Å². The molecule has 2 unspecified atom stereocenters. The number of aliphatic hydroxyl groups excluding tert-OH is 1. The molecule has 0 aliphatic carbocycles. The summed E-state index contributed by atoms with van der Waals surface area (Å²) in [5.41, 5.74) is 0.486. The molecule has 1 aliphatic rings. The normalized spacial score (nSPS) is 16.7. The number of aliphatic imine (C=N–C) groups is 2. The van der Waals surface area contributed by atoms with Crippen LogP contribution in [0, 0.1) is 0 Å². The van der Waals surface area contributed by atoms with Crippen molar-refractivity contribution in [2.75, 3.05) is 13.1 Å². The molecule has 0 saturated carbocycles. The Kier molecular flexibility index (Phi) is 6.47. The van der Waals surface area contributed by atoms with Crippen LogP contribution in [0.2, 0.25) is 0 Å². The number of hydrogen-bond donors (Lipinski definition) is 4. The zero-order chi connectivity index (χ0) is 15.8. The van der Waals surface area contributed by atoms with E-state index in [0.29, 0.717) is 18.8 Å². The Morgan fingerprint density at radius 1 is 1.24 bits per heavy atom. The molecule has 0 spiro atoms. The molecule has 1 aliphatic heterocycles. The minimum atomic E-state index is -1.64. The molecule has 0 aromatic heterocycles. The molecule has 0 aromatic carbocycles. The molecule has 0 radical (unpaired) electrons. The van der Waals surface area contributed by atoms with Gasteiger partial charge in [-0.2, -0.15) is 0 Å². The first-order chi connectivity index (χ1) is 9.90. The second-order valence-corrected chi connectivity index (χ2v) is 4.46. The summed E-state index contributed by atoms with van der Waals surface area (Å²) in [6, 6.07) is -1.16. The van der Waals surface area contributed by atoms with Crippen molar-refractivity contribution < 1.29 is 29.7 Å². The van der Waals surface area contributed by atoms with Crippen LogP contribution >= 0.6 is 0 Å². The molecule has 116 valence electrons. The van der Waals surface area contributed by atoms with Crippen molar-refractivity contribution in [2.45, 2.75) is 31.4 Å². The van der Waals surface area contributed by atoms with Crippen molar-refractivity contribution >= 4 is 29.8 Å². The number of carbonyl (C=O) groups excluding carboxylic acids is 1. The average Bonchev–Trinajstić information content (AvgIpc) is 2.44. The van der Waals surface area contributed by atoms with Crippen LogP contribution in [0.15, 0.2) is 9.98 Å². The lowest BCUT2D eigenvalue weighted by Crippen LogP contribution is -2.43. The highest BCUT2D eigenvalue weighted by Gasteiger charge is 2.23. The Morgan fingerprint density at radius 2 is 1.95 bits per heavy atom. The monoisotopic (exact) mass is 299 g/mol. The van der Waals surface area contributed by atoms with Crippen LogP contribution in [-0.2, 0) is 14.4 Å². The number of carboxylic acids is 2. The van der Waals surface area contributed by atoms with Gasteiger partial charge in [0.2, 0.25) is 5.91 Å². The molecule has 4 N–H and O–H groups in total. The van der Waals surface area contributed by atoms with Crippen LogP contribution in [0.3, 0.4) is 0 Å². The second-order valence-electron chi connectivity index (χ2n) is 4.46. The Bertz CT molecular complexity index is 474. The van der Waals surface area contributed by atoms with Gasteiger partial charge in [-0.15, -0.1) is 0 Å². The number of hydrogen-bond acceptors (Lipinski definition) is 6. The number of nitrogens with one attached hydrogen (secondary N) is 1. The fourth-order valence-electron chi connectivity index (χ4n) is 1.65. The Balaban J connectivity index is 2.48. The van der Waals surface area contributed by atoms with Gasteiger partial charge in [0.25, 0.3) is 0 Å². The second kappa shape index (κ2) is 8.10. The summed E-state index contributed by atoms with van der Waals surface area (Å²) in [6.45, 7) is 1.04. The Morgan fingerprint density at radius 3 is 2.48 bits per heavy atom. The first-order valence-electron chi connectivity index (χ1n) is 6.36. The highest BCUT2D eigenvalue weighted by atomic mass is 16.4. The number of nitrogens with zero attached hydrogens (tertiary/aromatic N) is 2. The van der Waals surface area contributed by atoms with Gasteiger partial charge in [0.1, 0.15) is 6.04 Å². The molecule has 0 fully saturated rings. The lowest BCUT2D eigenvalue weighted by atomic mass is 10.1. The summed E-state index contributed by atoms with van der Waals surface area (Å²) in [6.07, 6.45) is -0.728. The van der Waals surface area contributed by atoms with Crippen molar-refractivity contribution in [1.82, 2.24) is 5.32 Å². The highest BCUT2D eigenvalue weighted by Crippen LogP contribution is 2.02. The molecule has 1 heterocycles. The number of carboxylic acid groups (broad SMARTS) is 2. The fraction of sp³-hybridized carbons (Fsp3) is 0.583. The number of rotatable bonds is 8. The van der Waals surface area contributed by atoms with Gasteiger partial charge in [-0.25, -0.2) is 9.59 Å². The van der Waals surface area contributed by atoms with Crippen LogP contribution in [0.25, 0.3) is 0 Å². The maximum absolute atomic E-state index is 11.6. The molecular weight excluding hydrogens is 282 g/mol. The van der Waals surface area contributed by atoms with Crippen LogP contribution in [0.4, 0.5) is 0 Å². The Labute approximate surface area is 120 Å². The predicted molar refractivity (Wildman–Crippen MR) is 72.7 cm³/mol. The van der Waals surface area contributed by atoms with Crippen molar-refractivity contribution in [1.29, 1.82) is 0 Å². The quantitative estimate of drug-likeness (QED) is 0.437. The van der Waals surface area contributed by atoms with E-state index < -0.39 is 30.0 Å². The molecule has 1 amide bonds. The van der Waals surface area contributed by atoms with Crippen LogP contribution in [-0.4, -0.2) is 70.3 Å². The summed E-state index contributed by atoms with van der Waals surface area (Å²) in [5.74, 6) is -3.29. The zero-order valence-corrected chi connectivity index (χ0v) is 11.2. The molecular formula is C12H17N3O6. The molecule has 9 heteroatoms. The zero-order valence-electron chi connectivity index (χ0n) is 11.2. The first kappa shape index (κ1) is 16.8. The van der Waals surface area contributed by atoms with Crippen molar-refractivity contribution in [3.05, 3.63) is 0 Å². The van der Waals surface area contributed by atoms with Gasteiger partial charge in [-0.1, -0.05) is 0 Å². The van der Waals surface area contributed by atoms with Gasteiger partial charge < -0.3 is 20.6 Å². The number of carbonyl (C=O) groups is 3. The van der Waals surface area contributed by atoms with Gasteiger partial charge in [0, 0.05) is 19.1 Å². The first-order valence-corrected chi connectivity index (χ1v) is 6.36. The summed E-state index contributed by atoms with van der Waals surface area (Å²) in [5, 5.41) is 28.9. The lowest BCUT2D eigenvalue weighted by molar-refractivity contribution is -0.147. The van der Waals surface area contributed by atoms with E-state index in [9.17, 15) is 14.4 Å². The van der Waals surface area contributed by atoms with E-state index in [4.69, 9.17) is 15.3 Å². The van der Waals surface area contributed by atoms with Gasteiger partial charge in [-0.05, 0) is 6.42 Å². The van der Waals surface area contributed by atoms with E-state index in [2.05, 4.69) is 15.3 Å². The van der Waals surface area contributed by atoms with Crippen LogP contribution in [0.1, 0.15) is 19.3 Å². The minimum absolute atomic E-state index is 0.00601. The predicted octanol–water partition coefficient (Wildman–Crippen LogP) is -1.30. The lowest BCUT2D eigenvalue weighted by Gasteiger charge is -2.15. The fourth-order valence-corrected chi connectivity index (χ4v) is 1.65. The van der Waals surface area contributed by atoms with E-state index in [0.717, 1.165) is 0 Å². The SMILES string of the molecule is O=C(CCC(O)C(=O)O)NC(CC1=NCCN=C1)C(=O)O. The van der Waals surface area contributed by atoms with Crippen molar-refractivity contribution in [2.24, 2.45) is 9.98 Å². The highest BCUT2D eigenvalue weighted by molar-refractivity contribution is 6.31. The standard InChI is InChI=1S/C12H17N3O6/c16-9(12(20)21)1-2-10(17)15-8(11(18)19)5-7-6-13-3-4-14-7/h6,8-9,16H,1-5H2,(H,15,17)(H,18,19)(H,20,21). The smallest absolute Gasteiger partial charge is 0.332 e. The molecule has 21 heavy (non-hydrogen) atoms. The molecule has 1 rings (SSSR count). The summed E-state index contributed by atoms with van der Waals surface area (Å²) < 4.78 is 0. The summed E-state index contributed by atoms with van der Waals surface area (Å²) in [7, 11) is 0. The van der Waals surface area contributed by atoms with E-state index in [1.54, 1.807) is 0 Å². The summed E-state index contributed by atoms with van der Waals surface area (Å²) in [4.78, 5) is 41.1. The van der Waals surface area contributed by atoms with E-state index in [1.165, 1.54) is 6.21 Å². The van der Waals surface area contributed by atoms with Crippen molar-refractivity contribution in [3.8, 4) is 0 Å². The van der Waals surface area contributed by atoms with E-state index in [1.807, 2.05) is 0 Å². The molecule has 0 bridgehead atoms. The number of aliphatic hydroxyl groups is 1. The number of amides is 1. The maximum Gasteiger partial charge on any atom is 0.332 e. The van der Waals surface area contributed by atoms with Crippen LogP contribution in [0.5, 0.6) is 0 Å². The van der Waals surface area contributed by atoms with Crippen molar-refractivity contribution in [3.63, 3.8) is 0 Å². The van der Waals surface area contributed by atoms with Crippen LogP contribution < -0.4 is 5.32 Å². The van der Waals surface area contributed by atoms with Gasteiger partial charge in [0.05, 0.1) is 18.8 Å². The molecule has 9 nitrogen and oxygen atoms in total. The Hall–Kier alpha value is -2.29. The van der Waals surface area contributed by atoms with E-state index >= 15 is 0 Å². The third-order valence-corrected chi connectivity index (χ3v) is 2.76. The average molecular weight is 299 g/mol. The van der Waals surface area contributed by atoms with Gasteiger partial charge in [-0.3, -0.25) is 14.8 Å². The number of aliphatic carboxylic acids is 2. The minimum Gasteiger partial charge on any atom is -0.480 e. The molecule has 2 atom stereocenters.